The largest absolute Gasteiger partial charge is 0.484 e. The van der Waals surface area contributed by atoms with Gasteiger partial charge in [0, 0.05) is 18.6 Å². The molecule has 0 spiro atoms. The van der Waals surface area contributed by atoms with Crippen molar-refractivity contribution in [3.05, 3.63) is 29.8 Å². The van der Waals surface area contributed by atoms with Crippen LogP contribution in [0, 0.1) is 17.2 Å². The molecule has 0 saturated carbocycles. The summed E-state index contributed by atoms with van der Waals surface area (Å²) in [6, 6.07) is 10.2. The standard InChI is InChI=1S/C19H27N3O2/c1-19(2,3)21-18(23)14-24-17-8-6-15(7-9-17)12-22-10-4-5-16(11-20)13-22/h6-9,16H,4-5,10,12-14H2,1-3H3,(H,21,23). The highest BCUT2D eigenvalue weighted by Crippen LogP contribution is 2.19. The van der Waals surface area contributed by atoms with Crippen LogP contribution in [0.4, 0.5) is 0 Å². The first-order valence-electron chi connectivity index (χ1n) is 8.50. The van der Waals surface area contributed by atoms with E-state index in [0.717, 1.165) is 32.5 Å². The van der Waals surface area contributed by atoms with Crippen LogP contribution < -0.4 is 10.1 Å². The van der Waals surface area contributed by atoms with E-state index in [-0.39, 0.29) is 24.0 Å². The molecule has 1 unspecified atom stereocenters. The highest BCUT2D eigenvalue weighted by Gasteiger charge is 2.19. The third-order valence-electron chi connectivity index (χ3n) is 3.90. The molecule has 1 aromatic rings. The van der Waals surface area contributed by atoms with E-state index in [1.807, 2.05) is 45.0 Å². The second-order valence-corrected chi connectivity index (χ2v) is 7.43. The summed E-state index contributed by atoms with van der Waals surface area (Å²) in [5, 5.41) is 11.9. The quantitative estimate of drug-likeness (QED) is 0.902. The third-order valence-corrected chi connectivity index (χ3v) is 3.90. The number of nitriles is 1. The fraction of sp³-hybridized carbons (Fsp3) is 0.579. The summed E-state index contributed by atoms with van der Waals surface area (Å²) in [5.74, 6) is 0.724. The Morgan fingerprint density at radius 2 is 2.08 bits per heavy atom. The van der Waals surface area contributed by atoms with Gasteiger partial charge in [-0.25, -0.2) is 0 Å². The maximum Gasteiger partial charge on any atom is 0.258 e. The molecule has 1 aliphatic heterocycles. The van der Waals surface area contributed by atoms with Crippen LogP contribution in [-0.2, 0) is 11.3 Å². The molecule has 24 heavy (non-hydrogen) atoms. The normalized spacial score (nSPS) is 18.7. The summed E-state index contributed by atoms with van der Waals surface area (Å²) in [7, 11) is 0. The maximum atomic E-state index is 11.8. The van der Waals surface area contributed by atoms with Crippen molar-refractivity contribution in [2.45, 2.75) is 45.7 Å². The van der Waals surface area contributed by atoms with Crippen LogP contribution in [0.3, 0.4) is 0 Å². The van der Waals surface area contributed by atoms with E-state index in [1.54, 1.807) is 0 Å². The van der Waals surface area contributed by atoms with Gasteiger partial charge >= 0.3 is 0 Å². The summed E-state index contributed by atoms with van der Waals surface area (Å²) in [6.45, 7) is 8.59. The van der Waals surface area contributed by atoms with Crippen LogP contribution in [0.15, 0.2) is 24.3 Å². The van der Waals surface area contributed by atoms with Gasteiger partial charge in [-0.15, -0.1) is 0 Å². The molecule has 1 aliphatic rings. The van der Waals surface area contributed by atoms with Crippen molar-refractivity contribution in [2.24, 2.45) is 5.92 Å². The molecule has 0 radical (unpaired) electrons. The highest BCUT2D eigenvalue weighted by molar-refractivity contribution is 5.78. The van der Waals surface area contributed by atoms with Crippen molar-refractivity contribution in [1.82, 2.24) is 10.2 Å². The molecule has 1 N–H and O–H groups in total. The van der Waals surface area contributed by atoms with Crippen LogP contribution >= 0.6 is 0 Å². The molecule has 1 atom stereocenters. The predicted octanol–water partition coefficient (Wildman–Crippen LogP) is 2.72. The van der Waals surface area contributed by atoms with E-state index in [2.05, 4.69) is 16.3 Å². The molecule has 2 rings (SSSR count). The summed E-state index contributed by atoms with van der Waals surface area (Å²) >= 11 is 0. The van der Waals surface area contributed by atoms with Gasteiger partial charge in [-0.05, 0) is 57.9 Å². The zero-order chi connectivity index (χ0) is 17.6. The highest BCUT2D eigenvalue weighted by atomic mass is 16.5. The first kappa shape index (κ1) is 18.3. The minimum atomic E-state index is -0.250. The van der Waals surface area contributed by atoms with Gasteiger partial charge in [-0.3, -0.25) is 9.69 Å². The third kappa shape index (κ3) is 6.21. The molecule has 1 heterocycles. The molecule has 1 fully saturated rings. The fourth-order valence-electron chi connectivity index (χ4n) is 2.86. The van der Waals surface area contributed by atoms with Crippen LogP contribution in [0.1, 0.15) is 39.2 Å². The number of rotatable bonds is 5. The van der Waals surface area contributed by atoms with Gasteiger partial charge in [-0.1, -0.05) is 12.1 Å². The van der Waals surface area contributed by atoms with Crippen molar-refractivity contribution in [3.63, 3.8) is 0 Å². The first-order chi connectivity index (χ1) is 11.4. The number of benzene rings is 1. The summed E-state index contributed by atoms with van der Waals surface area (Å²) in [4.78, 5) is 14.1. The molecule has 1 aromatic carbocycles. The van der Waals surface area contributed by atoms with Crippen molar-refractivity contribution < 1.29 is 9.53 Å². The summed E-state index contributed by atoms with van der Waals surface area (Å²) in [6.07, 6.45) is 2.10. The monoisotopic (exact) mass is 329 g/mol. The Bertz CT molecular complexity index is 584. The molecule has 0 bridgehead atoms. The Morgan fingerprint density at radius 1 is 1.38 bits per heavy atom. The Labute approximate surface area is 144 Å². The summed E-state index contributed by atoms with van der Waals surface area (Å²) in [5.41, 5.74) is 0.945. The van der Waals surface area contributed by atoms with E-state index in [0.29, 0.717) is 5.75 Å². The van der Waals surface area contributed by atoms with Gasteiger partial charge in [0.2, 0.25) is 0 Å². The maximum absolute atomic E-state index is 11.8. The van der Waals surface area contributed by atoms with Crippen LogP contribution in [0.5, 0.6) is 5.75 Å². The van der Waals surface area contributed by atoms with Gasteiger partial charge in [-0.2, -0.15) is 5.26 Å². The van der Waals surface area contributed by atoms with Crippen LogP contribution in [0.25, 0.3) is 0 Å². The van der Waals surface area contributed by atoms with Gasteiger partial charge < -0.3 is 10.1 Å². The number of hydrogen-bond donors (Lipinski definition) is 1. The molecule has 5 heteroatoms. The van der Waals surface area contributed by atoms with Crippen molar-refractivity contribution in [1.29, 1.82) is 5.26 Å². The minimum absolute atomic E-state index is 0.0204. The van der Waals surface area contributed by atoms with E-state index < -0.39 is 0 Å². The van der Waals surface area contributed by atoms with Crippen molar-refractivity contribution >= 4 is 5.91 Å². The lowest BCUT2D eigenvalue weighted by atomic mass is 9.99. The summed E-state index contributed by atoms with van der Waals surface area (Å²) < 4.78 is 5.52. The topological polar surface area (TPSA) is 65.4 Å². The lowest BCUT2D eigenvalue weighted by molar-refractivity contribution is -0.124. The Balaban J connectivity index is 1.80. The molecule has 1 saturated heterocycles. The molecular formula is C19H27N3O2. The van der Waals surface area contributed by atoms with Crippen LogP contribution in [0.2, 0.25) is 0 Å². The van der Waals surface area contributed by atoms with E-state index in [1.165, 1.54) is 5.56 Å². The number of carbonyl (C=O) groups excluding carboxylic acids is 1. The molecular weight excluding hydrogens is 302 g/mol. The Morgan fingerprint density at radius 3 is 2.71 bits per heavy atom. The van der Waals surface area contributed by atoms with E-state index >= 15 is 0 Å². The van der Waals surface area contributed by atoms with Gasteiger partial charge in [0.25, 0.3) is 5.91 Å². The lowest BCUT2D eigenvalue weighted by Gasteiger charge is -2.29. The molecule has 5 nitrogen and oxygen atoms in total. The SMILES string of the molecule is CC(C)(C)NC(=O)COc1ccc(CN2CCCC(C#N)C2)cc1. The van der Waals surface area contributed by atoms with Crippen molar-refractivity contribution in [3.8, 4) is 11.8 Å². The molecule has 0 aliphatic carbocycles. The number of hydrogen-bond acceptors (Lipinski definition) is 4. The lowest BCUT2D eigenvalue weighted by Crippen LogP contribution is -2.43. The molecule has 130 valence electrons. The average Bonchev–Trinajstić information content (AvgIpc) is 2.53. The smallest absolute Gasteiger partial charge is 0.258 e. The number of ether oxygens (including phenoxy) is 1. The fourth-order valence-corrected chi connectivity index (χ4v) is 2.86. The van der Waals surface area contributed by atoms with Crippen molar-refractivity contribution in [2.75, 3.05) is 19.7 Å². The van der Waals surface area contributed by atoms with Gasteiger partial charge in [0.1, 0.15) is 5.75 Å². The van der Waals surface area contributed by atoms with Gasteiger partial charge in [0.05, 0.1) is 12.0 Å². The number of nitrogens with one attached hydrogen (secondary N) is 1. The Hall–Kier alpha value is -2.06. The van der Waals surface area contributed by atoms with Crippen LogP contribution in [-0.4, -0.2) is 36.0 Å². The molecule has 0 aromatic heterocycles. The zero-order valence-electron chi connectivity index (χ0n) is 14.8. The predicted molar refractivity (Wildman–Crippen MR) is 93.4 cm³/mol. The van der Waals surface area contributed by atoms with E-state index in [4.69, 9.17) is 10.00 Å². The number of likely N-dealkylation sites (tertiary alicyclic amines) is 1. The number of amides is 1. The van der Waals surface area contributed by atoms with Gasteiger partial charge in [0.15, 0.2) is 6.61 Å². The average molecular weight is 329 g/mol. The second kappa shape index (κ2) is 8.16. The number of piperidine rings is 1. The first-order valence-corrected chi connectivity index (χ1v) is 8.50. The minimum Gasteiger partial charge on any atom is -0.484 e. The number of carbonyl (C=O) groups is 1. The molecule has 1 amide bonds. The van der Waals surface area contributed by atoms with E-state index in [9.17, 15) is 4.79 Å². The number of nitrogens with zero attached hydrogens (tertiary/aromatic N) is 2. The Kier molecular flexibility index (Phi) is 6.22. The zero-order valence-corrected chi connectivity index (χ0v) is 14.8. The second-order valence-electron chi connectivity index (χ2n) is 7.43.